The van der Waals surface area contributed by atoms with Crippen LogP contribution in [0.5, 0.6) is 0 Å². The van der Waals surface area contributed by atoms with Crippen molar-refractivity contribution in [3.63, 3.8) is 0 Å². The highest BCUT2D eigenvalue weighted by atomic mass is 32.2. The van der Waals surface area contributed by atoms with Crippen molar-refractivity contribution >= 4 is 27.3 Å². The van der Waals surface area contributed by atoms with Crippen molar-refractivity contribution in [2.75, 3.05) is 32.8 Å². The number of fused-ring (bicyclic) bond motifs is 1. The third-order valence-electron chi connectivity index (χ3n) is 7.18. The molecule has 0 spiro atoms. The number of thiophene rings is 1. The van der Waals surface area contributed by atoms with Gasteiger partial charge in [0.15, 0.2) is 0 Å². The van der Waals surface area contributed by atoms with Crippen LogP contribution in [0.1, 0.15) is 57.6 Å². The Hall–Kier alpha value is -2.52. The molecule has 0 saturated carbocycles. The van der Waals surface area contributed by atoms with Gasteiger partial charge >= 0.3 is 0 Å². The SMILES string of the molecule is CCOCCCN(CC(=O)N1CCc2sccc2C1c1ccccc1C)S(=O)(=O)c1c(C)cc(C)cc1C. The van der Waals surface area contributed by atoms with Crippen molar-refractivity contribution in [3.8, 4) is 0 Å². The van der Waals surface area contributed by atoms with Crippen LogP contribution >= 0.6 is 11.3 Å². The zero-order chi connectivity index (χ0) is 27.4. The molecule has 0 aliphatic carbocycles. The Morgan fingerprint density at radius 3 is 2.45 bits per heavy atom. The molecule has 2 heterocycles. The van der Waals surface area contributed by atoms with Gasteiger partial charge in [-0.05, 0) is 86.7 Å². The van der Waals surface area contributed by atoms with Gasteiger partial charge in [0.2, 0.25) is 15.9 Å². The van der Waals surface area contributed by atoms with E-state index < -0.39 is 10.0 Å². The number of nitrogens with zero attached hydrogens (tertiary/aromatic N) is 2. The quantitative estimate of drug-likeness (QED) is 0.307. The lowest BCUT2D eigenvalue weighted by molar-refractivity contribution is -0.133. The number of aryl methyl sites for hydroxylation is 4. The molecule has 0 saturated heterocycles. The van der Waals surface area contributed by atoms with Gasteiger partial charge in [-0.15, -0.1) is 11.3 Å². The molecule has 1 aliphatic rings. The molecule has 1 amide bonds. The summed E-state index contributed by atoms with van der Waals surface area (Å²) in [5.41, 5.74) is 5.74. The van der Waals surface area contributed by atoms with Crippen LogP contribution in [0.25, 0.3) is 0 Å². The smallest absolute Gasteiger partial charge is 0.244 e. The van der Waals surface area contributed by atoms with Gasteiger partial charge in [-0.3, -0.25) is 4.79 Å². The second-order valence-electron chi connectivity index (χ2n) is 10.0. The molecule has 0 radical (unpaired) electrons. The lowest BCUT2D eigenvalue weighted by Crippen LogP contribution is -2.47. The third-order valence-corrected chi connectivity index (χ3v) is 10.3. The maximum Gasteiger partial charge on any atom is 0.244 e. The Bertz CT molecular complexity index is 1370. The van der Waals surface area contributed by atoms with Crippen LogP contribution in [0.2, 0.25) is 0 Å². The summed E-state index contributed by atoms with van der Waals surface area (Å²) in [7, 11) is -3.91. The number of hydrogen-bond acceptors (Lipinski definition) is 5. The molecule has 204 valence electrons. The van der Waals surface area contributed by atoms with Gasteiger partial charge in [0.1, 0.15) is 0 Å². The fourth-order valence-electron chi connectivity index (χ4n) is 5.53. The second kappa shape index (κ2) is 12.1. The first-order valence-corrected chi connectivity index (χ1v) is 15.5. The Kier molecular flexibility index (Phi) is 9.08. The van der Waals surface area contributed by atoms with E-state index >= 15 is 0 Å². The largest absolute Gasteiger partial charge is 0.382 e. The highest BCUT2D eigenvalue weighted by molar-refractivity contribution is 7.89. The Morgan fingerprint density at radius 1 is 1.05 bits per heavy atom. The summed E-state index contributed by atoms with van der Waals surface area (Å²) in [6, 6.07) is 13.8. The summed E-state index contributed by atoms with van der Waals surface area (Å²) in [6.07, 6.45) is 1.29. The Labute approximate surface area is 231 Å². The number of ether oxygens (including phenoxy) is 1. The number of hydrogen-bond donors (Lipinski definition) is 0. The Balaban J connectivity index is 1.69. The number of amides is 1. The highest BCUT2D eigenvalue weighted by Gasteiger charge is 2.36. The molecule has 0 fully saturated rings. The maximum atomic E-state index is 14.0. The lowest BCUT2D eigenvalue weighted by atomic mass is 9.90. The van der Waals surface area contributed by atoms with Gasteiger partial charge in [0, 0.05) is 31.2 Å². The summed E-state index contributed by atoms with van der Waals surface area (Å²) in [4.78, 5) is 17.5. The van der Waals surface area contributed by atoms with Crippen LogP contribution in [-0.4, -0.2) is 56.4 Å². The van der Waals surface area contributed by atoms with Crippen molar-refractivity contribution in [3.05, 3.63) is 86.1 Å². The van der Waals surface area contributed by atoms with E-state index in [4.69, 9.17) is 4.74 Å². The molecule has 4 rings (SSSR count). The number of rotatable bonds is 10. The van der Waals surface area contributed by atoms with Gasteiger partial charge in [-0.25, -0.2) is 8.42 Å². The van der Waals surface area contributed by atoms with Gasteiger partial charge in [0.05, 0.1) is 17.5 Å². The molecule has 6 nitrogen and oxygen atoms in total. The molecule has 0 bridgehead atoms. The first-order valence-electron chi connectivity index (χ1n) is 13.2. The van der Waals surface area contributed by atoms with Gasteiger partial charge in [-0.2, -0.15) is 4.31 Å². The fraction of sp³-hybridized carbons (Fsp3) is 0.433. The summed E-state index contributed by atoms with van der Waals surface area (Å²) in [6.45, 7) is 11.2. The number of carbonyl (C=O) groups is 1. The Morgan fingerprint density at radius 2 is 1.76 bits per heavy atom. The van der Waals surface area contributed by atoms with E-state index in [1.54, 1.807) is 11.3 Å². The molecule has 1 unspecified atom stereocenters. The molecule has 1 aliphatic heterocycles. The van der Waals surface area contributed by atoms with Crippen LogP contribution in [0.3, 0.4) is 0 Å². The monoisotopic (exact) mass is 554 g/mol. The van der Waals surface area contributed by atoms with Crippen molar-refractivity contribution in [2.45, 2.75) is 58.4 Å². The normalized spacial score (nSPS) is 15.6. The van der Waals surface area contributed by atoms with Crippen LogP contribution in [0.4, 0.5) is 0 Å². The van der Waals surface area contributed by atoms with E-state index in [9.17, 15) is 13.2 Å². The topological polar surface area (TPSA) is 66.9 Å². The minimum Gasteiger partial charge on any atom is -0.382 e. The maximum absolute atomic E-state index is 14.0. The van der Waals surface area contributed by atoms with Crippen LogP contribution in [-0.2, 0) is 26.0 Å². The van der Waals surface area contributed by atoms with E-state index in [2.05, 4.69) is 30.5 Å². The van der Waals surface area contributed by atoms with E-state index in [1.165, 1.54) is 9.18 Å². The van der Waals surface area contributed by atoms with Crippen molar-refractivity contribution in [1.29, 1.82) is 0 Å². The fourth-order valence-corrected chi connectivity index (χ4v) is 8.27. The summed E-state index contributed by atoms with van der Waals surface area (Å²) < 4.78 is 34.9. The lowest BCUT2D eigenvalue weighted by Gasteiger charge is -2.38. The summed E-state index contributed by atoms with van der Waals surface area (Å²) >= 11 is 1.72. The van der Waals surface area contributed by atoms with Crippen LogP contribution in [0.15, 0.2) is 52.7 Å². The van der Waals surface area contributed by atoms with Crippen molar-refractivity contribution < 1.29 is 17.9 Å². The van der Waals surface area contributed by atoms with E-state index in [-0.39, 0.29) is 25.0 Å². The molecule has 0 N–H and O–H groups in total. The summed E-state index contributed by atoms with van der Waals surface area (Å²) in [5.74, 6) is -0.183. The molecule has 3 aromatic rings. The minimum absolute atomic E-state index is 0.183. The van der Waals surface area contributed by atoms with Crippen molar-refractivity contribution in [1.82, 2.24) is 9.21 Å². The number of carbonyl (C=O) groups excluding carboxylic acids is 1. The molecule has 2 aromatic carbocycles. The average Bonchev–Trinajstić information content (AvgIpc) is 3.34. The molecule has 38 heavy (non-hydrogen) atoms. The van der Waals surface area contributed by atoms with Gasteiger partial charge in [0.25, 0.3) is 0 Å². The van der Waals surface area contributed by atoms with Crippen LogP contribution in [0, 0.1) is 27.7 Å². The van der Waals surface area contributed by atoms with Gasteiger partial charge < -0.3 is 9.64 Å². The molecule has 1 aromatic heterocycles. The molecule has 8 heteroatoms. The van der Waals surface area contributed by atoms with E-state index in [0.29, 0.717) is 42.2 Å². The standard InChI is InChI=1S/C30H38N2O4S2/c1-6-36-16-9-14-31(38(34,35)30-23(4)18-21(2)19-24(30)5)20-28(33)32-15-12-27-26(13-17-37-27)29(32)25-11-8-7-10-22(25)3/h7-8,10-11,13,17-19,29H,6,9,12,14-16,20H2,1-5H3. The predicted octanol–water partition coefficient (Wildman–Crippen LogP) is 5.57. The first kappa shape index (κ1) is 28.5. The highest BCUT2D eigenvalue weighted by Crippen LogP contribution is 2.39. The first-order chi connectivity index (χ1) is 18.1. The van der Waals surface area contributed by atoms with Crippen LogP contribution < -0.4 is 0 Å². The zero-order valence-corrected chi connectivity index (χ0v) is 24.6. The van der Waals surface area contributed by atoms with E-state index in [1.807, 2.05) is 56.9 Å². The summed E-state index contributed by atoms with van der Waals surface area (Å²) in [5, 5.41) is 2.08. The number of sulfonamides is 1. The van der Waals surface area contributed by atoms with Crippen molar-refractivity contribution in [2.24, 2.45) is 0 Å². The van der Waals surface area contributed by atoms with Gasteiger partial charge in [-0.1, -0.05) is 42.0 Å². The third kappa shape index (κ3) is 5.88. The number of benzene rings is 2. The second-order valence-corrected chi connectivity index (χ2v) is 12.9. The molecule has 1 atom stereocenters. The minimum atomic E-state index is -3.91. The molecular weight excluding hydrogens is 516 g/mol. The molecular formula is C30H38N2O4S2. The average molecular weight is 555 g/mol. The van der Waals surface area contributed by atoms with E-state index in [0.717, 1.165) is 28.7 Å². The zero-order valence-electron chi connectivity index (χ0n) is 23.0. The predicted molar refractivity (Wildman–Crippen MR) is 153 cm³/mol.